The molecule has 1 amide bonds. The summed E-state index contributed by atoms with van der Waals surface area (Å²) in [6.45, 7) is 1.05. The molecular weight excluding hydrogens is 492 g/mol. The molecule has 0 bridgehead atoms. The predicted octanol–water partition coefficient (Wildman–Crippen LogP) is 1.88. The third-order valence-corrected chi connectivity index (χ3v) is 5.63. The van der Waals surface area contributed by atoms with Crippen LogP contribution in [0.15, 0.2) is 20.7 Å². The van der Waals surface area contributed by atoms with Gasteiger partial charge in [-0.1, -0.05) is 0 Å². The first-order chi connectivity index (χ1) is 16.1. The minimum atomic E-state index is -5.28. The molecule has 2 aliphatic rings. The van der Waals surface area contributed by atoms with Crippen LogP contribution in [0.3, 0.4) is 0 Å². The number of amidine groups is 1. The molecule has 16 heteroatoms. The lowest BCUT2D eigenvalue weighted by Crippen LogP contribution is -2.55. The maximum atomic E-state index is 13.6. The lowest BCUT2D eigenvalue weighted by molar-refractivity contribution is -0.244. The zero-order valence-electron chi connectivity index (χ0n) is 18.2. The number of rotatable bonds is 4. The third kappa shape index (κ3) is 4.92. The van der Waals surface area contributed by atoms with Gasteiger partial charge in [0.25, 0.3) is 11.9 Å². The van der Waals surface area contributed by atoms with Crippen molar-refractivity contribution < 1.29 is 50.2 Å². The van der Waals surface area contributed by atoms with Gasteiger partial charge in [-0.15, -0.1) is 0 Å². The van der Waals surface area contributed by atoms with Crippen molar-refractivity contribution in [3.8, 4) is 0 Å². The number of aliphatic hydroxyl groups is 1. The molecule has 1 unspecified atom stereocenters. The second kappa shape index (κ2) is 9.05. The molecule has 3 heterocycles. The normalized spacial score (nSPS) is 23.8. The second-order valence-corrected chi connectivity index (χ2v) is 7.91. The van der Waals surface area contributed by atoms with Crippen molar-refractivity contribution in [3.63, 3.8) is 0 Å². The van der Waals surface area contributed by atoms with Crippen LogP contribution in [0.4, 0.5) is 32.4 Å². The zero-order valence-corrected chi connectivity index (χ0v) is 18.2. The van der Waals surface area contributed by atoms with Crippen LogP contribution < -0.4 is 16.4 Å². The molecule has 194 valence electrons. The van der Waals surface area contributed by atoms with Gasteiger partial charge in [-0.25, -0.2) is 4.79 Å². The molecule has 1 aromatic heterocycles. The number of carbonyl (C=O) groups is 2. The van der Waals surface area contributed by atoms with E-state index in [4.69, 9.17) is 15.9 Å². The summed E-state index contributed by atoms with van der Waals surface area (Å²) in [5.41, 5.74) is 4.93. The van der Waals surface area contributed by atoms with Gasteiger partial charge in [0, 0.05) is 24.7 Å². The van der Waals surface area contributed by atoms with E-state index in [2.05, 4.69) is 14.7 Å². The zero-order chi connectivity index (χ0) is 26.3. The van der Waals surface area contributed by atoms with Gasteiger partial charge in [0.05, 0.1) is 18.6 Å². The van der Waals surface area contributed by atoms with Crippen LogP contribution in [0.1, 0.15) is 42.4 Å². The first-order valence-electron chi connectivity index (χ1n) is 10.3. The van der Waals surface area contributed by atoms with E-state index in [9.17, 15) is 41.0 Å². The topological polar surface area (TPSA) is 157 Å². The van der Waals surface area contributed by atoms with Gasteiger partial charge >= 0.3 is 18.3 Å². The second-order valence-electron chi connectivity index (χ2n) is 7.91. The SMILES string of the molecule is CCOC(=O)c1oc(N2CCC(C(N)=C3C(N)=NC(=O)CC3(O)C(F)(F)F)CC2)nc1C(F)(F)F. The molecule has 0 radical (unpaired) electrons. The average molecular weight is 513 g/mol. The molecule has 10 nitrogen and oxygen atoms in total. The summed E-state index contributed by atoms with van der Waals surface area (Å²) in [5.74, 6) is -5.39. The number of halogens is 6. The number of aliphatic imine (C=N–C) groups is 1. The lowest BCUT2D eigenvalue weighted by Gasteiger charge is -2.38. The standard InChI is InChI=1S/C19H21F6N5O5/c1-2-34-15(32)12-13(18(20,21)22)29-16(35-12)30-5-3-8(4-6-30)11(26)10-14(27)28-9(31)7-17(10,33)19(23,24)25/h8,33H,2-7,26H2,1H3,(H2,27,28,31). The van der Waals surface area contributed by atoms with Crippen molar-refractivity contribution in [3.05, 3.63) is 22.7 Å². The Bertz CT molecular complexity index is 1070. The Balaban J connectivity index is 1.87. The number of hydrogen-bond donors (Lipinski definition) is 3. The van der Waals surface area contributed by atoms with Crippen LogP contribution in [0.25, 0.3) is 0 Å². The highest BCUT2D eigenvalue weighted by Crippen LogP contribution is 2.43. The summed E-state index contributed by atoms with van der Waals surface area (Å²) in [7, 11) is 0. The minimum Gasteiger partial charge on any atom is -0.460 e. The van der Waals surface area contributed by atoms with Crippen LogP contribution in [0.5, 0.6) is 0 Å². The van der Waals surface area contributed by atoms with E-state index >= 15 is 0 Å². The van der Waals surface area contributed by atoms with Crippen LogP contribution in [-0.2, 0) is 15.7 Å². The molecule has 1 saturated heterocycles. The quantitative estimate of drug-likeness (QED) is 0.404. The van der Waals surface area contributed by atoms with Gasteiger partial charge in [-0.2, -0.15) is 36.3 Å². The van der Waals surface area contributed by atoms with Crippen LogP contribution in [-0.4, -0.2) is 59.3 Å². The Morgan fingerprint density at radius 3 is 2.37 bits per heavy atom. The van der Waals surface area contributed by atoms with Crippen LogP contribution in [0.2, 0.25) is 0 Å². The molecule has 2 aliphatic heterocycles. The molecule has 1 aromatic rings. The summed E-state index contributed by atoms with van der Waals surface area (Å²) in [5, 5.41) is 10.3. The number of aromatic nitrogens is 1. The number of nitrogens with two attached hydrogens (primary N) is 2. The average Bonchev–Trinajstić information content (AvgIpc) is 3.19. The molecule has 0 spiro atoms. The number of carbonyl (C=O) groups excluding carboxylic acids is 2. The first kappa shape index (κ1) is 26.3. The number of alkyl halides is 6. The van der Waals surface area contributed by atoms with Crippen molar-refractivity contribution >= 4 is 23.7 Å². The number of allylic oxidation sites excluding steroid dienone is 1. The van der Waals surface area contributed by atoms with Gasteiger partial charge in [0.2, 0.25) is 5.76 Å². The first-order valence-corrected chi connectivity index (χ1v) is 10.3. The molecule has 0 aliphatic carbocycles. The molecule has 1 fully saturated rings. The van der Waals surface area contributed by atoms with Crippen molar-refractivity contribution in [2.24, 2.45) is 22.4 Å². The number of oxazole rings is 1. The Morgan fingerprint density at radius 1 is 1.26 bits per heavy atom. The summed E-state index contributed by atoms with van der Waals surface area (Å²) < 4.78 is 90.4. The monoisotopic (exact) mass is 513 g/mol. The Labute approximate surface area is 193 Å². The van der Waals surface area contributed by atoms with E-state index in [1.165, 1.54) is 11.8 Å². The number of hydrogen-bond acceptors (Lipinski definition) is 9. The van der Waals surface area contributed by atoms with E-state index in [1.54, 1.807) is 0 Å². The van der Waals surface area contributed by atoms with Gasteiger partial charge in [0.1, 0.15) is 5.84 Å². The highest BCUT2D eigenvalue weighted by atomic mass is 19.4. The predicted molar refractivity (Wildman–Crippen MR) is 106 cm³/mol. The molecular formula is C19H21F6N5O5. The molecule has 3 rings (SSSR count). The fourth-order valence-corrected chi connectivity index (χ4v) is 3.93. The number of amides is 1. The van der Waals surface area contributed by atoms with E-state index < -0.39 is 76.7 Å². The summed E-state index contributed by atoms with van der Waals surface area (Å²) in [6, 6.07) is -0.527. The maximum Gasteiger partial charge on any atom is 0.437 e. The van der Waals surface area contributed by atoms with E-state index in [0.717, 1.165) is 0 Å². The van der Waals surface area contributed by atoms with Crippen LogP contribution in [0, 0.1) is 5.92 Å². The van der Waals surface area contributed by atoms with Crippen LogP contribution >= 0.6 is 0 Å². The summed E-state index contributed by atoms with van der Waals surface area (Å²) >= 11 is 0. The van der Waals surface area contributed by atoms with E-state index in [-0.39, 0.29) is 32.5 Å². The molecule has 0 saturated carbocycles. The number of esters is 1. The molecule has 5 N–H and O–H groups in total. The van der Waals surface area contributed by atoms with Gasteiger partial charge in [-0.3, -0.25) is 4.79 Å². The fourth-order valence-electron chi connectivity index (χ4n) is 3.93. The third-order valence-electron chi connectivity index (χ3n) is 5.63. The minimum absolute atomic E-state index is 0.00294. The highest BCUT2D eigenvalue weighted by molar-refractivity contribution is 6.09. The largest absolute Gasteiger partial charge is 0.460 e. The molecule has 1 atom stereocenters. The number of nitrogens with zero attached hydrogens (tertiary/aromatic N) is 3. The van der Waals surface area contributed by atoms with Gasteiger partial charge in [0.15, 0.2) is 11.3 Å². The highest BCUT2D eigenvalue weighted by Gasteiger charge is 2.61. The Morgan fingerprint density at radius 2 is 1.86 bits per heavy atom. The smallest absolute Gasteiger partial charge is 0.437 e. The summed E-state index contributed by atoms with van der Waals surface area (Å²) in [4.78, 5) is 31.3. The summed E-state index contributed by atoms with van der Waals surface area (Å²) in [6.07, 6.45) is -11.7. The van der Waals surface area contributed by atoms with Crippen molar-refractivity contribution in [1.82, 2.24) is 4.98 Å². The Kier molecular flexibility index (Phi) is 6.80. The van der Waals surface area contributed by atoms with Crippen molar-refractivity contribution in [2.75, 3.05) is 24.6 Å². The van der Waals surface area contributed by atoms with E-state index in [0.29, 0.717) is 0 Å². The van der Waals surface area contributed by atoms with Gasteiger partial charge < -0.3 is 30.6 Å². The van der Waals surface area contributed by atoms with Crippen molar-refractivity contribution in [1.29, 1.82) is 0 Å². The Hall–Kier alpha value is -3.30. The molecule has 35 heavy (non-hydrogen) atoms. The molecule has 0 aromatic carbocycles. The van der Waals surface area contributed by atoms with E-state index in [1.807, 2.05) is 0 Å². The maximum absolute atomic E-state index is 13.6. The number of piperidine rings is 1. The number of ether oxygens (including phenoxy) is 1. The lowest BCUT2D eigenvalue weighted by atomic mass is 9.80. The fraction of sp³-hybridized carbons (Fsp3) is 0.579. The van der Waals surface area contributed by atoms with Gasteiger partial charge in [-0.05, 0) is 19.8 Å². The van der Waals surface area contributed by atoms with Crippen molar-refractivity contribution in [2.45, 2.75) is 44.1 Å². The number of anilines is 1.